The van der Waals surface area contributed by atoms with Crippen molar-refractivity contribution < 1.29 is 13.2 Å². The highest BCUT2D eigenvalue weighted by atomic mass is 32.2. The molecule has 0 spiro atoms. The summed E-state index contributed by atoms with van der Waals surface area (Å²) >= 11 is 0. The Morgan fingerprint density at radius 1 is 1.28 bits per heavy atom. The molecule has 0 unspecified atom stereocenters. The molecule has 10 heteroatoms. The van der Waals surface area contributed by atoms with Crippen molar-refractivity contribution in [2.24, 2.45) is 5.92 Å². The van der Waals surface area contributed by atoms with Crippen LogP contribution in [-0.2, 0) is 14.8 Å². The maximum absolute atomic E-state index is 12.9. The van der Waals surface area contributed by atoms with E-state index in [-0.39, 0.29) is 17.2 Å². The van der Waals surface area contributed by atoms with Crippen molar-refractivity contribution in [3.63, 3.8) is 0 Å². The fraction of sp³-hybridized carbons (Fsp3) is 0.632. The number of nitrogens with one attached hydrogen (secondary N) is 2. The molecule has 0 amide bonds. The van der Waals surface area contributed by atoms with E-state index in [0.29, 0.717) is 37.6 Å². The van der Waals surface area contributed by atoms with Crippen LogP contribution in [0.3, 0.4) is 0 Å². The molecule has 2 fully saturated rings. The molecule has 0 aromatic carbocycles. The Balaban J connectivity index is 1.43. The van der Waals surface area contributed by atoms with Crippen LogP contribution in [0.1, 0.15) is 50.8 Å². The highest BCUT2D eigenvalue weighted by Gasteiger charge is 2.40. The lowest BCUT2D eigenvalue weighted by molar-refractivity contribution is 0.0980. The predicted molar refractivity (Wildman–Crippen MR) is 108 cm³/mol. The summed E-state index contributed by atoms with van der Waals surface area (Å²) in [7, 11) is -3.35. The van der Waals surface area contributed by atoms with Crippen molar-refractivity contribution in [2.75, 3.05) is 13.2 Å². The molecule has 156 valence electrons. The van der Waals surface area contributed by atoms with Crippen molar-refractivity contribution in [1.82, 2.24) is 29.3 Å². The van der Waals surface area contributed by atoms with Crippen molar-refractivity contribution >= 4 is 26.8 Å². The van der Waals surface area contributed by atoms with Crippen LogP contribution in [0.15, 0.2) is 18.5 Å². The fourth-order valence-electron chi connectivity index (χ4n) is 4.94. The Hall–Kier alpha value is -2.04. The molecule has 1 saturated carbocycles. The van der Waals surface area contributed by atoms with E-state index in [0.717, 1.165) is 36.3 Å². The molecule has 1 saturated heterocycles. The molecule has 4 heterocycles. The zero-order valence-corrected chi connectivity index (χ0v) is 17.2. The minimum Gasteiger partial charge on any atom is -0.381 e. The Morgan fingerprint density at radius 3 is 2.90 bits per heavy atom. The van der Waals surface area contributed by atoms with Crippen LogP contribution in [0.4, 0.5) is 0 Å². The number of fused-ring (bicyclic) bond motifs is 3. The van der Waals surface area contributed by atoms with Crippen LogP contribution in [0, 0.1) is 5.92 Å². The maximum atomic E-state index is 12.9. The van der Waals surface area contributed by atoms with E-state index in [1.54, 1.807) is 6.20 Å². The average Bonchev–Trinajstić information content (AvgIpc) is 3.44. The Morgan fingerprint density at radius 2 is 2.10 bits per heavy atom. The van der Waals surface area contributed by atoms with E-state index < -0.39 is 10.0 Å². The highest BCUT2D eigenvalue weighted by Crippen LogP contribution is 2.41. The molecule has 1 aliphatic carbocycles. The Bertz CT molecular complexity index is 1120. The molecule has 1 aliphatic heterocycles. The molecule has 0 radical (unpaired) electrons. The van der Waals surface area contributed by atoms with Crippen molar-refractivity contribution in [1.29, 1.82) is 0 Å². The van der Waals surface area contributed by atoms with Gasteiger partial charge in [-0.1, -0.05) is 13.3 Å². The molecular weight excluding hydrogens is 392 g/mol. The van der Waals surface area contributed by atoms with E-state index in [9.17, 15) is 8.42 Å². The summed E-state index contributed by atoms with van der Waals surface area (Å²) < 4.78 is 36.1. The number of aromatic nitrogens is 5. The average molecular weight is 419 g/mol. The third kappa shape index (κ3) is 3.32. The molecule has 5 rings (SSSR count). The van der Waals surface area contributed by atoms with Gasteiger partial charge in [0.05, 0.1) is 17.0 Å². The van der Waals surface area contributed by atoms with Crippen molar-refractivity contribution in [3.05, 3.63) is 24.3 Å². The first-order valence-electron chi connectivity index (χ1n) is 10.3. The monoisotopic (exact) mass is 418 g/mol. The third-order valence-corrected chi connectivity index (χ3v) is 8.47. The van der Waals surface area contributed by atoms with Gasteiger partial charge in [0, 0.05) is 31.4 Å². The zero-order chi connectivity index (χ0) is 20.0. The number of H-pyrrole nitrogens is 1. The summed E-state index contributed by atoms with van der Waals surface area (Å²) in [4.78, 5) is 7.51. The van der Waals surface area contributed by atoms with E-state index in [4.69, 9.17) is 4.74 Å². The van der Waals surface area contributed by atoms with Crippen LogP contribution in [0.5, 0.6) is 0 Å². The summed E-state index contributed by atoms with van der Waals surface area (Å²) in [6.07, 6.45) is 7.23. The molecule has 2 aliphatic rings. The van der Waals surface area contributed by atoms with Gasteiger partial charge < -0.3 is 9.72 Å². The van der Waals surface area contributed by atoms with Gasteiger partial charge in [0.25, 0.3) is 0 Å². The number of hydrogen-bond donors (Lipinski definition) is 2. The summed E-state index contributed by atoms with van der Waals surface area (Å²) in [5.41, 5.74) is 2.46. The van der Waals surface area contributed by atoms with Gasteiger partial charge in [0.15, 0.2) is 11.3 Å². The maximum Gasteiger partial charge on any atom is 0.214 e. The lowest BCUT2D eigenvalue weighted by atomic mass is 9.93. The molecule has 2 N–H and O–H groups in total. The standard InChI is InChI=1S/C19H26N6O3S/c1-2-12-9-13(24-29(26,27)14-4-7-28-8-5-14)10-15(12)19-23-22-17-11-21-18-16(25(17)19)3-6-20-18/h3,6,11-15,20,24H,2,4-5,7-10H2,1H3/t12-,13+,15+/m1/s1. The molecule has 29 heavy (non-hydrogen) atoms. The number of rotatable bonds is 5. The van der Waals surface area contributed by atoms with Crippen LogP contribution in [0.2, 0.25) is 0 Å². The van der Waals surface area contributed by atoms with Gasteiger partial charge in [0.2, 0.25) is 10.0 Å². The number of sulfonamides is 1. The number of nitrogens with zero attached hydrogens (tertiary/aromatic N) is 4. The van der Waals surface area contributed by atoms with Gasteiger partial charge in [-0.2, -0.15) is 0 Å². The van der Waals surface area contributed by atoms with Gasteiger partial charge >= 0.3 is 0 Å². The minimum atomic E-state index is -3.35. The van der Waals surface area contributed by atoms with Gasteiger partial charge in [-0.25, -0.2) is 18.1 Å². The van der Waals surface area contributed by atoms with E-state index in [1.165, 1.54) is 0 Å². The van der Waals surface area contributed by atoms with E-state index in [2.05, 4.69) is 36.2 Å². The lowest BCUT2D eigenvalue weighted by Gasteiger charge is -2.24. The normalized spacial score (nSPS) is 26.6. The fourth-order valence-corrected chi connectivity index (χ4v) is 6.60. The zero-order valence-electron chi connectivity index (χ0n) is 16.4. The first-order valence-corrected chi connectivity index (χ1v) is 11.9. The van der Waals surface area contributed by atoms with Gasteiger partial charge in [-0.15, -0.1) is 10.2 Å². The van der Waals surface area contributed by atoms with E-state index >= 15 is 0 Å². The van der Waals surface area contributed by atoms with Crippen LogP contribution in [-0.4, -0.2) is 57.5 Å². The summed E-state index contributed by atoms with van der Waals surface area (Å²) in [6, 6.07) is 1.90. The minimum absolute atomic E-state index is 0.0753. The molecule has 3 aromatic rings. The molecule has 0 bridgehead atoms. The number of hydrogen-bond acceptors (Lipinski definition) is 6. The van der Waals surface area contributed by atoms with Crippen molar-refractivity contribution in [2.45, 2.75) is 56.2 Å². The predicted octanol–water partition coefficient (Wildman–Crippen LogP) is 1.98. The van der Waals surface area contributed by atoms with Gasteiger partial charge in [0.1, 0.15) is 5.82 Å². The van der Waals surface area contributed by atoms with E-state index in [1.807, 2.05) is 12.3 Å². The summed E-state index contributed by atoms with van der Waals surface area (Å²) in [5.74, 6) is 1.40. The number of aromatic amines is 1. The first kappa shape index (κ1) is 19.0. The highest BCUT2D eigenvalue weighted by molar-refractivity contribution is 7.90. The quantitative estimate of drug-likeness (QED) is 0.655. The second-order valence-electron chi connectivity index (χ2n) is 8.14. The van der Waals surface area contributed by atoms with Crippen LogP contribution < -0.4 is 4.72 Å². The smallest absolute Gasteiger partial charge is 0.214 e. The Labute approximate surface area is 169 Å². The Kier molecular flexibility index (Phi) is 4.79. The van der Waals surface area contributed by atoms with Crippen LogP contribution >= 0.6 is 0 Å². The number of ether oxygens (including phenoxy) is 1. The van der Waals surface area contributed by atoms with Gasteiger partial charge in [-0.05, 0) is 37.7 Å². The molecule has 3 atom stereocenters. The lowest BCUT2D eigenvalue weighted by Crippen LogP contribution is -2.42. The molecule has 3 aromatic heterocycles. The SMILES string of the molecule is CC[C@@H]1C[C@H](NS(=O)(=O)C2CCOCC2)C[C@@H]1c1nnc2cnc3[nH]ccc3n12. The van der Waals surface area contributed by atoms with Crippen LogP contribution in [0.25, 0.3) is 16.8 Å². The van der Waals surface area contributed by atoms with Gasteiger partial charge in [-0.3, -0.25) is 4.40 Å². The summed E-state index contributed by atoms with van der Waals surface area (Å²) in [5, 5.41) is 8.46. The first-order chi connectivity index (χ1) is 14.1. The van der Waals surface area contributed by atoms with Crippen molar-refractivity contribution in [3.8, 4) is 0 Å². The summed E-state index contributed by atoms with van der Waals surface area (Å²) in [6.45, 7) is 3.19. The third-order valence-electron chi connectivity index (χ3n) is 6.46. The molecular formula is C19H26N6O3S. The second-order valence-corrected chi connectivity index (χ2v) is 10.1. The molecule has 9 nitrogen and oxygen atoms in total. The second kappa shape index (κ2) is 7.33. The topological polar surface area (TPSA) is 114 Å². The largest absolute Gasteiger partial charge is 0.381 e.